The number of ether oxygens (including phenoxy) is 1. The van der Waals surface area contributed by atoms with Crippen molar-refractivity contribution < 1.29 is 14.3 Å². The van der Waals surface area contributed by atoms with E-state index in [0.29, 0.717) is 0 Å². The Hall–Kier alpha value is -1.10. The second-order valence-electron chi connectivity index (χ2n) is 3.99. The second kappa shape index (κ2) is 7.22. The van der Waals surface area contributed by atoms with Crippen LogP contribution in [-0.4, -0.2) is 49.6 Å². The van der Waals surface area contributed by atoms with Gasteiger partial charge in [0.25, 0.3) is 0 Å². The average molecular weight is 230 g/mol. The highest BCUT2D eigenvalue weighted by molar-refractivity contribution is 5.82. The van der Waals surface area contributed by atoms with E-state index in [4.69, 9.17) is 0 Å². The minimum Gasteiger partial charge on any atom is -0.468 e. The number of esters is 1. The fourth-order valence-electron chi connectivity index (χ4n) is 1.07. The first-order chi connectivity index (χ1) is 7.42. The molecule has 0 radical (unpaired) electrons. The summed E-state index contributed by atoms with van der Waals surface area (Å²) in [5.41, 5.74) is 0. The van der Waals surface area contributed by atoms with Gasteiger partial charge in [-0.2, -0.15) is 0 Å². The number of amides is 1. The maximum Gasteiger partial charge on any atom is 0.319 e. The van der Waals surface area contributed by atoms with Gasteiger partial charge in [0.2, 0.25) is 5.91 Å². The number of carbonyl (C=O) groups is 2. The molecule has 0 spiro atoms. The van der Waals surface area contributed by atoms with Gasteiger partial charge in [-0.15, -0.1) is 0 Å². The molecule has 1 N–H and O–H groups in total. The van der Waals surface area contributed by atoms with E-state index in [-0.39, 0.29) is 30.5 Å². The van der Waals surface area contributed by atoms with E-state index in [0.717, 1.165) is 6.42 Å². The fraction of sp³-hybridized carbons (Fsp3) is 0.818. The highest BCUT2D eigenvalue weighted by Gasteiger charge is 2.20. The molecule has 0 aliphatic heterocycles. The number of nitrogens with zero attached hydrogens (tertiary/aromatic N) is 1. The molecule has 2 unspecified atom stereocenters. The van der Waals surface area contributed by atoms with Crippen LogP contribution >= 0.6 is 0 Å². The van der Waals surface area contributed by atoms with E-state index in [9.17, 15) is 9.59 Å². The highest BCUT2D eigenvalue weighted by Crippen LogP contribution is 1.98. The molecule has 0 saturated heterocycles. The van der Waals surface area contributed by atoms with E-state index in [1.807, 2.05) is 13.8 Å². The summed E-state index contributed by atoms with van der Waals surface area (Å²) in [6, 6.07) is -0.186. The topological polar surface area (TPSA) is 58.6 Å². The maximum atomic E-state index is 11.7. The van der Waals surface area contributed by atoms with Crippen LogP contribution in [0, 0.1) is 0 Å². The van der Waals surface area contributed by atoms with Gasteiger partial charge in [-0.25, -0.2) is 0 Å². The van der Waals surface area contributed by atoms with Gasteiger partial charge >= 0.3 is 5.97 Å². The van der Waals surface area contributed by atoms with Gasteiger partial charge in [-0.1, -0.05) is 6.92 Å². The van der Waals surface area contributed by atoms with Crippen LogP contribution in [-0.2, 0) is 14.3 Å². The van der Waals surface area contributed by atoms with Crippen LogP contribution in [0.4, 0.5) is 0 Å². The first-order valence-electron chi connectivity index (χ1n) is 5.49. The Morgan fingerprint density at radius 2 is 1.94 bits per heavy atom. The van der Waals surface area contributed by atoms with Crippen molar-refractivity contribution in [2.75, 3.05) is 20.7 Å². The molecule has 0 aliphatic rings. The van der Waals surface area contributed by atoms with Crippen LogP contribution in [0.1, 0.15) is 27.2 Å². The SMILES string of the molecule is CCC(C)NC(=O)C(C)N(C)CC(=O)OC. The summed E-state index contributed by atoms with van der Waals surface area (Å²) >= 11 is 0. The molecule has 5 nitrogen and oxygen atoms in total. The molecule has 16 heavy (non-hydrogen) atoms. The molecule has 5 heteroatoms. The third kappa shape index (κ3) is 5.11. The van der Waals surface area contributed by atoms with E-state index in [1.54, 1.807) is 18.9 Å². The molecule has 1 amide bonds. The molecular weight excluding hydrogens is 208 g/mol. The smallest absolute Gasteiger partial charge is 0.319 e. The Labute approximate surface area is 97.1 Å². The summed E-state index contributed by atoms with van der Waals surface area (Å²) < 4.78 is 4.54. The van der Waals surface area contributed by atoms with Crippen LogP contribution < -0.4 is 5.32 Å². The Morgan fingerprint density at radius 1 is 1.38 bits per heavy atom. The van der Waals surface area contributed by atoms with Crippen LogP contribution in [0.3, 0.4) is 0 Å². The lowest BCUT2D eigenvalue weighted by atomic mass is 10.2. The van der Waals surface area contributed by atoms with Gasteiger partial charge < -0.3 is 10.1 Å². The number of carbonyl (C=O) groups excluding carboxylic acids is 2. The molecule has 0 fully saturated rings. The zero-order valence-electron chi connectivity index (χ0n) is 10.7. The van der Waals surface area contributed by atoms with Gasteiger partial charge in [0.05, 0.1) is 19.7 Å². The van der Waals surface area contributed by atoms with Crippen molar-refractivity contribution in [2.24, 2.45) is 0 Å². The number of likely N-dealkylation sites (N-methyl/N-ethyl adjacent to an activating group) is 1. The lowest BCUT2D eigenvalue weighted by Crippen LogP contribution is -2.47. The summed E-state index contributed by atoms with van der Waals surface area (Å²) in [7, 11) is 3.05. The van der Waals surface area contributed by atoms with E-state index in [2.05, 4.69) is 10.1 Å². The largest absolute Gasteiger partial charge is 0.468 e. The fourth-order valence-corrected chi connectivity index (χ4v) is 1.07. The van der Waals surface area contributed by atoms with Gasteiger partial charge in [-0.05, 0) is 27.3 Å². The quantitative estimate of drug-likeness (QED) is 0.671. The molecule has 0 aliphatic carbocycles. The Kier molecular flexibility index (Phi) is 6.72. The van der Waals surface area contributed by atoms with Crippen molar-refractivity contribution in [3.63, 3.8) is 0 Å². The molecular formula is C11H22N2O3. The molecule has 0 aromatic heterocycles. The molecule has 0 saturated carbocycles. The van der Waals surface area contributed by atoms with Crippen LogP contribution in [0.5, 0.6) is 0 Å². The predicted octanol–water partition coefficient (Wildman–Crippen LogP) is 0.394. The normalized spacial score (nSPS) is 14.4. The minimum absolute atomic E-state index is 0.0687. The van der Waals surface area contributed by atoms with E-state index >= 15 is 0 Å². The van der Waals surface area contributed by atoms with Crippen molar-refractivity contribution in [3.05, 3.63) is 0 Å². The Morgan fingerprint density at radius 3 is 2.38 bits per heavy atom. The van der Waals surface area contributed by atoms with Crippen molar-refractivity contribution in [1.82, 2.24) is 10.2 Å². The van der Waals surface area contributed by atoms with Gasteiger partial charge in [0.15, 0.2) is 0 Å². The molecule has 0 aromatic carbocycles. The highest BCUT2D eigenvalue weighted by atomic mass is 16.5. The number of hydrogen-bond acceptors (Lipinski definition) is 4. The minimum atomic E-state index is -0.342. The summed E-state index contributed by atoms with van der Waals surface area (Å²) in [5, 5.41) is 2.87. The molecule has 0 heterocycles. The van der Waals surface area contributed by atoms with Gasteiger partial charge in [-0.3, -0.25) is 14.5 Å². The van der Waals surface area contributed by atoms with Crippen molar-refractivity contribution in [1.29, 1.82) is 0 Å². The predicted molar refractivity (Wildman–Crippen MR) is 62.0 cm³/mol. The van der Waals surface area contributed by atoms with Crippen LogP contribution in [0.25, 0.3) is 0 Å². The molecule has 2 atom stereocenters. The molecule has 0 aromatic rings. The molecule has 0 rings (SSSR count). The molecule has 94 valence electrons. The number of rotatable bonds is 6. The second-order valence-corrected chi connectivity index (χ2v) is 3.99. The third-order valence-corrected chi connectivity index (χ3v) is 2.65. The average Bonchev–Trinajstić information content (AvgIpc) is 2.27. The van der Waals surface area contributed by atoms with Crippen molar-refractivity contribution >= 4 is 11.9 Å². The standard InChI is InChI=1S/C11H22N2O3/c1-6-8(2)12-11(15)9(3)13(4)7-10(14)16-5/h8-9H,6-7H2,1-5H3,(H,12,15). The number of nitrogens with one attached hydrogen (secondary N) is 1. The Bertz CT molecular complexity index is 243. The van der Waals surface area contributed by atoms with Crippen molar-refractivity contribution in [2.45, 2.75) is 39.3 Å². The van der Waals surface area contributed by atoms with E-state index in [1.165, 1.54) is 7.11 Å². The number of methoxy groups -OCH3 is 1. The zero-order valence-corrected chi connectivity index (χ0v) is 10.7. The lowest BCUT2D eigenvalue weighted by Gasteiger charge is -2.24. The monoisotopic (exact) mass is 230 g/mol. The summed E-state index contributed by atoms with van der Waals surface area (Å²) in [6.07, 6.45) is 0.888. The Balaban J connectivity index is 4.16. The third-order valence-electron chi connectivity index (χ3n) is 2.65. The van der Waals surface area contributed by atoms with Crippen LogP contribution in [0.15, 0.2) is 0 Å². The van der Waals surface area contributed by atoms with E-state index < -0.39 is 0 Å². The summed E-state index contributed by atoms with van der Waals surface area (Å²) in [4.78, 5) is 24.4. The van der Waals surface area contributed by atoms with Gasteiger partial charge in [0.1, 0.15) is 0 Å². The maximum absolute atomic E-state index is 11.7. The number of hydrogen-bond donors (Lipinski definition) is 1. The first kappa shape index (κ1) is 14.9. The lowest BCUT2D eigenvalue weighted by molar-refractivity contribution is -0.142. The molecule has 0 bridgehead atoms. The summed E-state index contributed by atoms with van der Waals surface area (Å²) in [6.45, 7) is 5.84. The van der Waals surface area contributed by atoms with Crippen molar-refractivity contribution in [3.8, 4) is 0 Å². The van der Waals surface area contributed by atoms with Crippen LogP contribution in [0.2, 0.25) is 0 Å². The first-order valence-corrected chi connectivity index (χ1v) is 5.49. The van der Waals surface area contributed by atoms with Gasteiger partial charge in [0, 0.05) is 6.04 Å². The summed E-state index contributed by atoms with van der Waals surface area (Å²) in [5.74, 6) is -0.411. The zero-order chi connectivity index (χ0) is 12.7.